The Morgan fingerprint density at radius 3 is 2.27 bits per heavy atom. The smallest absolute Gasteiger partial charge is 0.503 e. The van der Waals surface area contributed by atoms with Gasteiger partial charge >= 0.3 is 21.1 Å². The minimum absolute atomic E-state index is 0. The van der Waals surface area contributed by atoms with Crippen LogP contribution in [0.3, 0.4) is 0 Å². The number of hydrogen-bond acceptors (Lipinski definition) is 3. The molecule has 10 rings (SSSR count). The molecule has 6 heteroatoms. The number of benzene rings is 5. The van der Waals surface area contributed by atoms with E-state index in [2.05, 4.69) is 119 Å². The van der Waals surface area contributed by atoms with E-state index in [0.29, 0.717) is 11.5 Å². The first-order valence-corrected chi connectivity index (χ1v) is 14.7. The van der Waals surface area contributed by atoms with E-state index in [-0.39, 0.29) is 21.1 Å². The van der Waals surface area contributed by atoms with Gasteiger partial charge in [0.1, 0.15) is 5.65 Å². The maximum atomic E-state index is 6.48. The summed E-state index contributed by atoms with van der Waals surface area (Å²) in [6.07, 6.45) is 3.97. The van der Waals surface area contributed by atoms with E-state index in [1.54, 1.807) is 0 Å². The molecule has 0 fully saturated rings. The Labute approximate surface area is 271 Å². The van der Waals surface area contributed by atoms with Gasteiger partial charge in [0, 0.05) is 51.3 Å². The fourth-order valence-electron chi connectivity index (χ4n) is 6.94. The van der Waals surface area contributed by atoms with Gasteiger partial charge in [0.2, 0.25) is 0 Å². The number of nitrogens with zero attached hydrogens (tertiary/aromatic N) is 4. The molecular formula is C39H22N4OPt. The Bertz CT molecular complexity index is 2780. The first kappa shape index (κ1) is 26.2. The predicted octanol–water partition coefficient (Wildman–Crippen LogP) is 9.55. The Morgan fingerprint density at radius 1 is 0.644 bits per heavy atom. The van der Waals surface area contributed by atoms with Gasteiger partial charge in [-0.1, -0.05) is 83.0 Å². The molecule has 0 amide bonds. The predicted molar refractivity (Wildman–Crippen MR) is 177 cm³/mol. The molecule has 5 aromatic heterocycles. The molecule has 5 aromatic carbocycles. The van der Waals surface area contributed by atoms with Crippen LogP contribution in [-0.4, -0.2) is 18.8 Å². The van der Waals surface area contributed by atoms with Crippen LogP contribution in [-0.2, 0) is 21.1 Å². The fraction of sp³-hybridized carbons (Fsp3) is 0.0256. The number of rotatable bonds is 3. The molecule has 214 valence electrons. The molecule has 5 nitrogen and oxygen atoms in total. The second-order valence-corrected chi connectivity index (χ2v) is 11.4. The summed E-state index contributed by atoms with van der Waals surface area (Å²) >= 11 is 0. The van der Waals surface area contributed by atoms with Crippen molar-refractivity contribution in [2.24, 2.45) is 0 Å². The van der Waals surface area contributed by atoms with Crippen molar-refractivity contribution < 1.29 is 25.8 Å². The van der Waals surface area contributed by atoms with Crippen molar-refractivity contribution in [1.29, 1.82) is 0 Å². The summed E-state index contributed by atoms with van der Waals surface area (Å²) in [6, 6.07) is 42.7. The Balaban J connectivity index is 0.00000281. The van der Waals surface area contributed by atoms with E-state index in [1.807, 2.05) is 24.4 Å². The van der Waals surface area contributed by atoms with Crippen LogP contribution in [0.25, 0.3) is 76.8 Å². The largest absolute Gasteiger partial charge is 2.00 e. The van der Waals surface area contributed by atoms with Crippen LogP contribution in [0.1, 0.15) is 5.56 Å². The molecule has 45 heavy (non-hydrogen) atoms. The number of fused-ring (bicyclic) bond motifs is 12. The summed E-state index contributed by atoms with van der Waals surface area (Å²) in [5.74, 6) is 1.24. The summed E-state index contributed by atoms with van der Waals surface area (Å²) in [5.41, 5.74) is 8.25. The van der Waals surface area contributed by atoms with E-state index < -0.39 is 0 Å². The molecule has 0 saturated heterocycles. The molecule has 0 aliphatic rings. The second kappa shape index (κ2) is 9.62. The van der Waals surface area contributed by atoms with Crippen molar-refractivity contribution in [3.63, 3.8) is 0 Å². The van der Waals surface area contributed by atoms with Gasteiger partial charge in [0.15, 0.2) is 0 Å². The zero-order valence-corrected chi connectivity index (χ0v) is 26.3. The van der Waals surface area contributed by atoms with E-state index in [9.17, 15) is 0 Å². The van der Waals surface area contributed by atoms with Crippen LogP contribution < -0.4 is 4.74 Å². The van der Waals surface area contributed by atoms with Gasteiger partial charge in [-0.25, -0.2) is 4.98 Å². The molecule has 0 aliphatic carbocycles. The van der Waals surface area contributed by atoms with Crippen LogP contribution >= 0.6 is 0 Å². The normalized spacial score (nSPS) is 11.9. The minimum atomic E-state index is 0. The van der Waals surface area contributed by atoms with Gasteiger partial charge in [0.05, 0.1) is 11.3 Å². The number of hydrogen-bond donors (Lipinski definition) is 0. The zero-order valence-electron chi connectivity index (χ0n) is 24.0. The first-order chi connectivity index (χ1) is 21.7. The molecule has 0 atom stereocenters. The SMILES string of the molecule is Cc1ccccc1-c1cn2c3ccccc3c3ccc(Oc4[c-]c5c(cc4)c4cccc6c7cccnc7n5c46)[c-]c3c2n1.[Pt+2]. The quantitative estimate of drug-likeness (QED) is 0.133. The molecule has 0 unspecified atom stereocenters. The van der Waals surface area contributed by atoms with Crippen molar-refractivity contribution in [2.75, 3.05) is 0 Å². The standard InChI is InChI=1S/C39H22N4O.Pt/c1-23-8-2-3-9-26(23)34-22-42-35-14-5-4-10-28(35)27-17-15-24(20-33(27)39(42)41-34)44-25-16-18-29-30-11-6-12-31-32-13-7-19-40-38(32)43(37(30)31)36(29)21-25;/h2-19,22H,1H3;/q-2;+2. The summed E-state index contributed by atoms with van der Waals surface area (Å²) in [6.45, 7) is 2.12. The Morgan fingerprint density at radius 2 is 1.38 bits per heavy atom. The third-order valence-corrected chi connectivity index (χ3v) is 8.90. The summed E-state index contributed by atoms with van der Waals surface area (Å²) < 4.78 is 10.9. The summed E-state index contributed by atoms with van der Waals surface area (Å²) in [4.78, 5) is 9.88. The molecule has 5 heterocycles. The van der Waals surface area contributed by atoms with E-state index in [0.717, 1.165) is 60.5 Å². The topological polar surface area (TPSA) is 43.8 Å². The molecular weight excluding hydrogens is 736 g/mol. The summed E-state index contributed by atoms with van der Waals surface area (Å²) in [7, 11) is 0. The molecule has 0 bridgehead atoms. The van der Waals surface area contributed by atoms with Crippen molar-refractivity contribution in [3.8, 4) is 22.8 Å². The average Bonchev–Trinajstić information content (AvgIpc) is 3.75. The number of ether oxygens (including phenoxy) is 1. The first-order valence-electron chi connectivity index (χ1n) is 14.7. The Hall–Kier alpha value is -5.25. The zero-order chi connectivity index (χ0) is 28.9. The average molecular weight is 758 g/mol. The molecule has 10 aromatic rings. The van der Waals surface area contributed by atoms with Gasteiger partial charge in [-0.05, 0) is 41.5 Å². The monoisotopic (exact) mass is 757 g/mol. The van der Waals surface area contributed by atoms with Crippen LogP contribution in [0.4, 0.5) is 0 Å². The summed E-state index contributed by atoms with van der Waals surface area (Å²) in [5, 5.41) is 7.79. The van der Waals surface area contributed by atoms with E-state index >= 15 is 0 Å². The minimum Gasteiger partial charge on any atom is -0.503 e. The molecule has 0 N–H and O–H groups in total. The number of pyridine rings is 2. The van der Waals surface area contributed by atoms with E-state index in [4.69, 9.17) is 14.7 Å². The van der Waals surface area contributed by atoms with Crippen LogP contribution in [0.2, 0.25) is 0 Å². The van der Waals surface area contributed by atoms with Crippen molar-refractivity contribution >= 4 is 65.5 Å². The van der Waals surface area contributed by atoms with Crippen molar-refractivity contribution in [2.45, 2.75) is 6.92 Å². The van der Waals surface area contributed by atoms with E-state index in [1.165, 1.54) is 21.9 Å². The fourth-order valence-corrected chi connectivity index (χ4v) is 6.94. The van der Waals surface area contributed by atoms with Gasteiger partial charge < -0.3 is 13.5 Å². The van der Waals surface area contributed by atoms with Gasteiger partial charge in [0.25, 0.3) is 0 Å². The third kappa shape index (κ3) is 3.65. The third-order valence-electron chi connectivity index (χ3n) is 8.90. The van der Waals surface area contributed by atoms with Crippen LogP contribution in [0.5, 0.6) is 11.5 Å². The van der Waals surface area contributed by atoms with Gasteiger partial charge in [-0.15, -0.1) is 29.7 Å². The maximum absolute atomic E-state index is 6.48. The van der Waals surface area contributed by atoms with Crippen LogP contribution in [0.15, 0.2) is 116 Å². The number of aryl methyl sites for hydroxylation is 1. The molecule has 0 saturated carbocycles. The van der Waals surface area contributed by atoms with Crippen molar-refractivity contribution in [3.05, 3.63) is 133 Å². The van der Waals surface area contributed by atoms with Gasteiger partial charge in [-0.2, -0.15) is 6.07 Å². The molecule has 0 radical (unpaired) electrons. The van der Waals surface area contributed by atoms with Gasteiger partial charge in [-0.3, -0.25) is 4.98 Å². The Kier molecular flexibility index (Phi) is 5.60. The number of para-hydroxylation sites is 2. The van der Waals surface area contributed by atoms with Crippen LogP contribution in [0, 0.1) is 19.1 Å². The number of imidazole rings is 1. The maximum Gasteiger partial charge on any atom is 2.00 e. The number of aromatic nitrogens is 4. The molecule has 0 aliphatic heterocycles. The molecule has 0 spiro atoms. The van der Waals surface area contributed by atoms with Crippen molar-refractivity contribution in [1.82, 2.24) is 18.8 Å². The second-order valence-electron chi connectivity index (χ2n) is 11.4.